The molecule has 0 aromatic rings. The summed E-state index contributed by atoms with van der Waals surface area (Å²) in [5, 5.41) is 12.1. The fraction of sp³-hybridized carbons (Fsp3) is 0.929. The van der Waals surface area contributed by atoms with Crippen molar-refractivity contribution in [3.8, 4) is 6.07 Å². The van der Waals surface area contributed by atoms with E-state index in [0.717, 1.165) is 19.5 Å². The number of hydrogen-bond acceptors (Lipinski definition) is 2. The summed E-state index contributed by atoms with van der Waals surface area (Å²) in [6.45, 7) is 15.6. The van der Waals surface area contributed by atoms with Gasteiger partial charge in [0.1, 0.15) is 0 Å². The lowest BCUT2D eigenvalue weighted by Crippen LogP contribution is -2.38. The maximum Gasteiger partial charge on any atom is 0.0621 e. The van der Waals surface area contributed by atoms with Gasteiger partial charge in [-0.2, -0.15) is 5.26 Å². The van der Waals surface area contributed by atoms with Gasteiger partial charge in [-0.3, -0.25) is 0 Å². The zero-order chi connectivity index (χ0) is 12.8. The molecule has 0 bridgehead atoms. The van der Waals surface area contributed by atoms with E-state index < -0.39 is 0 Å². The molecule has 2 nitrogen and oxygen atoms in total. The molecule has 0 aliphatic rings. The van der Waals surface area contributed by atoms with Gasteiger partial charge in [0.2, 0.25) is 0 Å². The van der Waals surface area contributed by atoms with Crippen LogP contribution in [0.15, 0.2) is 0 Å². The molecule has 94 valence electrons. The zero-order valence-corrected chi connectivity index (χ0v) is 11.9. The molecule has 0 amide bonds. The molecule has 0 spiro atoms. The fourth-order valence-electron chi connectivity index (χ4n) is 1.41. The molecule has 0 unspecified atom stereocenters. The Kier molecular flexibility index (Phi) is 6.04. The molecule has 0 fully saturated rings. The average molecular weight is 224 g/mol. The Labute approximate surface area is 101 Å². The van der Waals surface area contributed by atoms with Gasteiger partial charge in [0.15, 0.2) is 0 Å². The summed E-state index contributed by atoms with van der Waals surface area (Å²) in [4.78, 5) is 0. The van der Waals surface area contributed by atoms with Crippen LogP contribution in [0, 0.1) is 28.1 Å². The van der Waals surface area contributed by atoms with Crippen LogP contribution in [0.2, 0.25) is 0 Å². The molecule has 16 heavy (non-hydrogen) atoms. The van der Waals surface area contributed by atoms with Gasteiger partial charge in [0.05, 0.1) is 6.07 Å². The van der Waals surface area contributed by atoms with Gasteiger partial charge in [-0.25, -0.2) is 0 Å². The normalized spacial score (nSPS) is 12.9. The fourth-order valence-corrected chi connectivity index (χ4v) is 1.41. The standard InChI is InChI=1S/C14H28N2/c1-12(2)14(5,6)11-16-10-13(3,4)8-7-9-15/h12,16H,7-8,10-11H2,1-6H3. The first kappa shape index (κ1) is 15.4. The lowest BCUT2D eigenvalue weighted by molar-refractivity contribution is 0.218. The summed E-state index contributed by atoms with van der Waals surface area (Å²) in [7, 11) is 0. The summed E-state index contributed by atoms with van der Waals surface area (Å²) in [6, 6.07) is 2.22. The third kappa shape index (κ3) is 6.12. The van der Waals surface area contributed by atoms with E-state index in [2.05, 4.69) is 52.9 Å². The van der Waals surface area contributed by atoms with E-state index in [4.69, 9.17) is 5.26 Å². The number of rotatable bonds is 7. The second-order valence-corrected chi connectivity index (χ2v) is 6.57. The maximum atomic E-state index is 8.59. The molecule has 0 radical (unpaired) electrons. The van der Waals surface area contributed by atoms with Crippen LogP contribution in [-0.2, 0) is 0 Å². The lowest BCUT2D eigenvalue weighted by Gasteiger charge is -2.32. The van der Waals surface area contributed by atoms with E-state index in [-0.39, 0.29) is 5.41 Å². The van der Waals surface area contributed by atoms with Crippen LogP contribution < -0.4 is 5.32 Å². The highest BCUT2D eigenvalue weighted by atomic mass is 14.9. The first-order chi connectivity index (χ1) is 7.21. The largest absolute Gasteiger partial charge is 0.316 e. The molecule has 0 saturated heterocycles. The van der Waals surface area contributed by atoms with Crippen LogP contribution in [0.1, 0.15) is 54.4 Å². The zero-order valence-electron chi connectivity index (χ0n) is 11.9. The first-order valence-electron chi connectivity index (χ1n) is 6.29. The summed E-state index contributed by atoms with van der Waals surface area (Å²) < 4.78 is 0. The monoisotopic (exact) mass is 224 g/mol. The maximum absolute atomic E-state index is 8.59. The Morgan fingerprint density at radius 3 is 2.12 bits per heavy atom. The average Bonchev–Trinajstić information content (AvgIpc) is 2.14. The molecule has 0 aliphatic carbocycles. The molecule has 1 N–H and O–H groups in total. The predicted octanol–water partition coefficient (Wildman–Crippen LogP) is 3.59. The first-order valence-corrected chi connectivity index (χ1v) is 6.29. The molecule has 0 atom stereocenters. The van der Waals surface area contributed by atoms with E-state index >= 15 is 0 Å². The van der Waals surface area contributed by atoms with Gasteiger partial charge in [0, 0.05) is 19.5 Å². The van der Waals surface area contributed by atoms with Crippen LogP contribution in [0.5, 0.6) is 0 Å². The van der Waals surface area contributed by atoms with Crippen molar-refractivity contribution < 1.29 is 0 Å². The van der Waals surface area contributed by atoms with Crippen molar-refractivity contribution in [2.75, 3.05) is 13.1 Å². The minimum absolute atomic E-state index is 0.225. The summed E-state index contributed by atoms with van der Waals surface area (Å²) >= 11 is 0. The molecule has 0 saturated carbocycles. The van der Waals surface area contributed by atoms with E-state index in [1.165, 1.54) is 0 Å². The molecule has 0 aromatic heterocycles. The van der Waals surface area contributed by atoms with Gasteiger partial charge >= 0.3 is 0 Å². The Hall–Kier alpha value is -0.550. The predicted molar refractivity (Wildman–Crippen MR) is 70.1 cm³/mol. The molecular formula is C14H28N2. The number of nitrogens with zero attached hydrogens (tertiary/aromatic N) is 1. The molecule has 0 heterocycles. The minimum atomic E-state index is 0.225. The van der Waals surface area contributed by atoms with Crippen molar-refractivity contribution in [1.29, 1.82) is 5.26 Å². The number of nitrogens with one attached hydrogen (secondary N) is 1. The Bertz CT molecular complexity index is 234. The van der Waals surface area contributed by atoms with Crippen molar-refractivity contribution in [1.82, 2.24) is 5.32 Å². The summed E-state index contributed by atoms with van der Waals surface area (Å²) in [5.41, 5.74) is 0.564. The van der Waals surface area contributed by atoms with Crippen molar-refractivity contribution in [2.45, 2.75) is 54.4 Å². The van der Waals surface area contributed by atoms with Crippen molar-refractivity contribution in [2.24, 2.45) is 16.7 Å². The second kappa shape index (κ2) is 6.25. The molecular weight excluding hydrogens is 196 g/mol. The lowest BCUT2D eigenvalue weighted by atomic mass is 9.80. The van der Waals surface area contributed by atoms with E-state index in [9.17, 15) is 0 Å². The van der Waals surface area contributed by atoms with Crippen LogP contribution >= 0.6 is 0 Å². The quantitative estimate of drug-likeness (QED) is 0.717. The third-order valence-electron chi connectivity index (χ3n) is 3.66. The topological polar surface area (TPSA) is 35.8 Å². The second-order valence-electron chi connectivity index (χ2n) is 6.57. The number of nitriles is 1. The van der Waals surface area contributed by atoms with Gasteiger partial charge in [-0.05, 0) is 23.2 Å². The summed E-state index contributed by atoms with van der Waals surface area (Å²) in [5.74, 6) is 0.683. The molecule has 0 aliphatic heterocycles. The van der Waals surface area contributed by atoms with Crippen LogP contribution in [0.3, 0.4) is 0 Å². The Morgan fingerprint density at radius 1 is 1.12 bits per heavy atom. The third-order valence-corrected chi connectivity index (χ3v) is 3.66. The smallest absolute Gasteiger partial charge is 0.0621 e. The Morgan fingerprint density at radius 2 is 1.69 bits per heavy atom. The van der Waals surface area contributed by atoms with Gasteiger partial charge in [-0.15, -0.1) is 0 Å². The van der Waals surface area contributed by atoms with Crippen molar-refractivity contribution >= 4 is 0 Å². The molecule has 0 aromatic carbocycles. The van der Waals surface area contributed by atoms with Crippen molar-refractivity contribution in [3.63, 3.8) is 0 Å². The highest BCUT2D eigenvalue weighted by molar-refractivity contribution is 4.81. The van der Waals surface area contributed by atoms with E-state index in [1.54, 1.807) is 0 Å². The SMILES string of the molecule is CC(C)C(C)(C)CNCC(C)(C)CCC#N. The molecule has 0 rings (SSSR count). The van der Waals surface area contributed by atoms with Crippen LogP contribution in [0.4, 0.5) is 0 Å². The van der Waals surface area contributed by atoms with Gasteiger partial charge < -0.3 is 5.32 Å². The highest BCUT2D eigenvalue weighted by Gasteiger charge is 2.23. The number of hydrogen-bond donors (Lipinski definition) is 1. The summed E-state index contributed by atoms with van der Waals surface area (Å²) in [6.07, 6.45) is 1.63. The van der Waals surface area contributed by atoms with Crippen LogP contribution in [0.25, 0.3) is 0 Å². The molecule has 2 heteroatoms. The highest BCUT2D eigenvalue weighted by Crippen LogP contribution is 2.26. The van der Waals surface area contributed by atoms with Crippen molar-refractivity contribution in [3.05, 3.63) is 0 Å². The van der Waals surface area contributed by atoms with Crippen LogP contribution in [-0.4, -0.2) is 13.1 Å². The van der Waals surface area contributed by atoms with Gasteiger partial charge in [0.25, 0.3) is 0 Å². The van der Waals surface area contributed by atoms with Gasteiger partial charge in [-0.1, -0.05) is 41.5 Å². The Balaban J connectivity index is 3.94. The van der Waals surface area contributed by atoms with E-state index in [1.807, 2.05) is 0 Å². The van der Waals surface area contributed by atoms with E-state index in [0.29, 0.717) is 17.8 Å². The minimum Gasteiger partial charge on any atom is -0.316 e.